The molecule has 0 amide bonds. The summed E-state index contributed by atoms with van der Waals surface area (Å²) in [6, 6.07) is 10.8. The summed E-state index contributed by atoms with van der Waals surface area (Å²) in [4.78, 5) is 10.1. The summed E-state index contributed by atoms with van der Waals surface area (Å²) in [6.07, 6.45) is 0.634. The van der Waals surface area contributed by atoms with Crippen molar-refractivity contribution >= 4 is 11.4 Å². The second-order valence-electron chi connectivity index (χ2n) is 4.45. The number of ether oxygens (including phenoxy) is 1. The third-order valence-electron chi connectivity index (χ3n) is 3.05. The Morgan fingerprint density at radius 3 is 2.57 bits per heavy atom. The molecule has 2 aromatic rings. The van der Waals surface area contributed by atoms with Gasteiger partial charge < -0.3 is 10.1 Å². The third-order valence-corrected chi connectivity index (χ3v) is 3.05. The predicted molar refractivity (Wildman–Crippen MR) is 78.2 cm³/mol. The van der Waals surface area contributed by atoms with E-state index in [2.05, 4.69) is 5.32 Å². The predicted octanol–water partition coefficient (Wildman–Crippen LogP) is 3.40. The van der Waals surface area contributed by atoms with Crippen molar-refractivity contribution in [3.63, 3.8) is 0 Å². The summed E-state index contributed by atoms with van der Waals surface area (Å²) in [5.41, 5.74) is 1.37. The molecule has 0 saturated heterocycles. The number of hydrogen-bond acceptors (Lipinski definition) is 4. The van der Waals surface area contributed by atoms with Crippen LogP contribution < -0.4 is 10.1 Å². The van der Waals surface area contributed by atoms with Gasteiger partial charge in [0, 0.05) is 24.7 Å². The van der Waals surface area contributed by atoms with Crippen molar-refractivity contribution in [3.8, 4) is 5.75 Å². The normalized spacial score (nSPS) is 10.2. The maximum Gasteiger partial charge on any atom is 0.269 e. The van der Waals surface area contributed by atoms with Crippen molar-refractivity contribution in [3.05, 3.63) is 64.0 Å². The molecule has 2 rings (SSSR count). The summed E-state index contributed by atoms with van der Waals surface area (Å²) in [6.45, 7) is 0.516. The van der Waals surface area contributed by atoms with Crippen molar-refractivity contribution in [2.75, 3.05) is 19.0 Å². The van der Waals surface area contributed by atoms with Gasteiger partial charge in [-0.3, -0.25) is 10.1 Å². The average molecular weight is 290 g/mol. The molecule has 0 aromatic heterocycles. The molecule has 110 valence electrons. The fraction of sp³-hybridized carbons (Fsp3) is 0.200. The zero-order valence-corrected chi connectivity index (χ0v) is 11.5. The number of non-ortho nitro benzene ring substituents is 1. The molecule has 0 fully saturated rings. The molecular formula is C15H15FN2O3. The van der Waals surface area contributed by atoms with Crippen molar-refractivity contribution in [2.24, 2.45) is 0 Å². The van der Waals surface area contributed by atoms with E-state index >= 15 is 0 Å². The third kappa shape index (κ3) is 3.92. The van der Waals surface area contributed by atoms with Crippen LogP contribution in [0, 0.1) is 15.9 Å². The topological polar surface area (TPSA) is 64.4 Å². The summed E-state index contributed by atoms with van der Waals surface area (Å²) in [7, 11) is 1.52. The van der Waals surface area contributed by atoms with Gasteiger partial charge in [0.1, 0.15) is 11.6 Å². The van der Waals surface area contributed by atoms with Gasteiger partial charge in [-0.25, -0.2) is 4.39 Å². The van der Waals surface area contributed by atoms with Crippen LogP contribution in [0.3, 0.4) is 0 Å². The molecule has 1 N–H and O–H groups in total. The van der Waals surface area contributed by atoms with Gasteiger partial charge in [0.15, 0.2) is 0 Å². The number of halogens is 1. The van der Waals surface area contributed by atoms with Crippen LogP contribution in [0.15, 0.2) is 42.5 Å². The molecule has 21 heavy (non-hydrogen) atoms. The first-order chi connectivity index (χ1) is 10.1. The molecule has 0 unspecified atom stereocenters. The van der Waals surface area contributed by atoms with E-state index in [9.17, 15) is 14.5 Å². The molecule has 5 nitrogen and oxygen atoms in total. The number of nitro benzene ring substituents is 1. The number of anilines is 1. The monoisotopic (exact) mass is 290 g/mol. The van der Waals surface area contributed by atoms with Gasteiger partial charge in [-0.15, -0.1) is 0 Å². The molecule has 0 saturated carbocycles. The van der Waals surface area contributed by atoms with E-state index in [1.54, 1.807) is 24.3 Å². The van der Waals surface area contributed by atoms with E-state index in [0.29, 0.717) is 24.4 Å². The highest BCUT2D eigenvalue weighted by Gasteiger charge is 2.05. The first-order valence-electron chi connectivity index (χ1n) is 6.41. The number of benzene rings is 2. The van der Waals surface area contributed by atoms with Gasteiger partial charge >= 0.3 is 0 Å². The molecule has 6 heteroatoms. The molecule has 0 radical (unpaired) electrons. The van der Waals surface area contributed by atoms with Gasteiger partial charge in [-0.05, 0) is 24.1 Å². The Hall–Kier alpha value is -2.63. The Balaban J connectivity index is 1.93. The molecule has 0 atom stereocenters. The minimum Gasteiger partial charge on any atom is -0.497 e. The number of rotatable bonds is 6. The number of nitrogens with one attached hydrogen (secondary N) is 1. The van der Waals surface area contributed by atoms with E-state index in [4.69, 9.17) is 4.74 Å². The Morgan fingerprint density at radius 1 is 1.24 bits per heavy atom. The number of nitrogens with zero attached hydrogens (tertiary/aromatic N) is 1. The summed E-state index contributed by atoms with van der Waals surface area (Å²) in [5, 5.41) is 13.5. The Morgan fingerprint density at radius 2 is 1.95 bits per heavy atom. The lowest BCUT2D eigenvalue weighted by atomic mass is 10.1. The van der Waals surface area contributed by atoms with E-state index < -0.39 is 4.92 Å². The minimum atomic E-state index is -0.437. The molecule has 2 aromatic carbocycles. The highest BCUT2D eigenvalue weighted by molar-refractivity contribution is 5.49. The molecule has 0 bridgehead atoms. The first kappa shape index (κ1) is 14.8. The molecule has 0 spiro atoms. The molecular weight excluding hydrogens is 275 g/mol. The van der Waals surface area contributed by atoms with E-state index in [0.717, 1.165) is 5.56 Å². The van der Waals surface area contributed by atoms with Crippen LogP contribution in [0.1, 0.15) is 5.56 Å². The molecule has 0 aliphatic carbocycles. The van der Waals surface area contributed by atoms with Crippen LogP contribution >= 0.6 is 0 Å². The van der Waals surface area contributed by atoms with Gasteiger partial charge in [0.05, 0.1) is 17.7 Å². The van der Waals surface area contributed by atoms with Crippen LogP contribution in [-0.4, -0.2) is 18.6 Å². The van der Waals surface area contributed by atoms with Crippen molar-refractivity contribution < 1.29 is 14.1 Å². The molecule has 0 aliphatic heterocycles. The lowest BCUT2D eigenvalue weighted by Crippen LogP contribution is -2.06. The van der Waals surface area contributed by atoms with E-state index in [1.165, 1.54) is 25.3 Å². The zero-order chi connectivity index (χ0) is 15.2. The van der Waals surface area contributed by atoms with Crippen LogP contribution in [0.2, 0.25) is 0 Å². The highest BCUT2D eigenvalue weighted by atomic mass is 19.1. The van der Waals surface area contributed by atoms with Crippen LogP contribution in [0.25, 0.3) is 0 Å². The fourth-order valence-corrected chi connectivity index (χ4v) is 1.89. The lowest BCUT2D eigenvalue weighted by molar-refractivity contribution is -0.384. The summed E-state index contributed by atoms with van der Waals surface area (Å²) >= 11 is 0. The molecule has 0 heterocycles. The number of hydrogen-bond donors (Lipinski definition) is 1. The summed E-state index contributed by atoms with van der Waals surface area (Å²) in [5.74, 6) is 0.230. The van der Waals surface area contributed by atoms with Gasteiger partial charge in [-0.2, -0.15) is 0 Å². The van der Waals surface area contributed by atoms with E-state index in [1.807, 2.05) is 0 Å². The standard InChI is InChI=1S/C15H15FN2O3/c1-21-13-6-7-14(16)15(10-13)17-9-8-11-2-4-12(5-3-11)18(19)20/h2-7,10,17H,8-9H2,1H3. The first-order valence-corrected chi connectivity index (χ1v) is 6.41. The highest BCUT2D eigenvalue weighted by Crippen LogP contribution is 2.21. The Bertz CT molecular complexity index is 629. The van der Waals surface area contributed by atoms with Crippen LogP contribution in [-0.2, 0) is 6.42 Å². The maximum atomic E-state index is 13.6. The average Bonchev–Trinajstić information content (AvgIpc) is 2.49. The van der Waals surface area contributed by atoms with Crippen molar-refractivity contribution in [2.45, 2.75) is 6.42 Å². The van der Waals surface area contributed by atoms with Crippen LogP contribution in [0.4, 0.5) is 15.8 Å². The largest absolute Gasteiger partial charge is 0.497 e. The molecule has 0 aliphatic rings. The van der Waals surface area contributed by atoms with Gasteiger partial charge in [-0.1, -0.05) is 12.1 Å². The smallest absolute Gasteiger partial charge is 0.269 e. The van der Waals surface area contributed by atoms with Crippen molar-refractivity contribution in [1.82, 2.24) is 0 Å². The Kier molecular flexibility index (Phi) is 4.71. The van der Waals surface area contributed by atoms with Gasteiger partial charge in [0.25, 0.3) is 5.69 Å². The fourth-order valence-electron chi connectivity index (χ4n) is 1.89. The zero-order valence-electron chi connectivity index (χ0n) is 11.5. The number of methoxy groups -OCH3 is 1. The number of nitro groups is 1. The van der Waals surface area contributed by atoms with E-state index in [-0.39, 0.29) is 11.5 Å². The Labute approximate surface area is 121 Å². The SMILES string of the molecule is COc1ccc(F)c(NCCc2ccc([N+](=O)[O-])cc2)c1. The van der Waals surface area contributed by atoms with Gasteiger partial charge in [0.2, 0.25) is 0 Å². The second-order valence-corrected chi connectivity index (χ2v) is 4.45. The second kappa shape index (κ2) is 6.69. The maximum absolute atomic E-state index is 13.6. The van der Waals surface area contributed by atoms with Crippen LogP contribution in [0.5, 0.6) is 5.75 Å². The quantitative estimate of drug-likeness (QED) is 0.654. The minimum absolute atomic E-state index is 0.0607. The lowest BCUT2D eigenvalue weighted by Gasteiger charge is -2.09. The summed E-state index contributed by atoms with van der Waals surface area (Å²) < 4.78 is 18.6. The van der Waals surface area contributed by atoms with Crippen molar-refractivity contribution in [1.29, 1.82) is 0 Å².